The Morgan fingerprint density at radius 2 is 2.35 bits per heavy atom. The minimum atomic E-state index is 0.697. The highest BCUT2D eigenvalue weighted by Crippen LogP contribution is 2.19. The van der Waals surface area contributed by atoms with E-state index in [-0.39, 0.29) is 0 Å². The van der Waals surface area contributed by atoms with Crippen molar-refractivity contribution in [2.24, 2.45) is 16.8 Å². The molecule has 1 fully saturated rings. The van der Waals surface area contributed by atoms with Crippen LogP contribution in [0.3, 0.4) is 0 Å². The molecule has 4 heteroatoms. The minimum absolute atomic E-state index is 0.697. The zero-order valence-electron chi connectivity index (χ0n) is 11.3. The lowest BCUT2D eigenvalue weighted by molar-refractivity contribution is 0.265. The average Bonchev–Trinajstić information content (AvgIpc) is 2.77. The lowest BCUT2D eigenvalue weighted by Gasteiger charge is -2.21. The summed E-state index contributed by atoms with van der Waals surface area (Å²) in [6.45, 7) is 11.5. The molecule has 0 radical (unpaired) electrons. The predicted octanol–water partition coefficient (Wildman–Crippen LogP) is 2.05. The van der Waals surface area contributed by atoms with Gasteiger partial charge in [-0.3, -0.25) is 4.99 Å². The number of likely N-dealkylation sites (tertiary alicyclic amines) is 1. The number of rotatable bonds is 3. The lowest BCUT2D eigenvalue weighted by Crippen LogP contribution is -2.33. The molecule has 0 spiro atoms. The molecule has 1 saturated heterocycles. The highest BCUT2D eigenvalue weighted by atomic mass is 32.2. The van der Waals surface area contributed by atoms with E-state index in [1.165, 1.54) is 30.4 Å². The largest absolute Gasteiger partial charge is 0.365 e. The number of hydrogen-bond acceptors (Lipinski definition) is 4. The number of aliphatic imine (C=N–C) groups is 1. The van der Waals surface area contributed by atoms with Crippen molar-refractivity contribution < 1.29 is 0 Å². The molecular weight excluding hydrogens is 230 g/mol. The summed E-state index contributed by atoms with van der Waals surface area (Å²) < 4.78 is 0. The molecule has 3 nitrogen and oxygen atoms in total. The maximum atomic E-state index is 4.58. The van der Waals surface area contributed by atoms with Crippen LogP contribution < -0.4 is 5.32 Å². The van der Waals surface area contributed by atoms with Crippen LogP contribution in [0.25, 0.3) is 0 Å². The van der Waals surface area contributed by atoms with Gasteiger partial charge in [-0.25, -0.2) is 0 Å². The highest BCUT2D eigenvalue weighted by molar-refractivity contribution is 8.13. The Bertz CT molecular complexity index is 278. The van der Waals surface area contributed by atoms with Gasteiger partial charge in [0, 0.05) is 31.4 Å². The summed E-state index contributed by atoms with van der Waals surface area (Å²) in [7, 11) is 0. The van der Waals surface area contributed by atoms with Gasteiger partial charge in [0.1, 0.15) is 0 Å². The van der Waals surface area contributed by atoms with Gasteiger partial charge in [0.15, 0.2) is 5.17 Å². The fourth-order valence-corrected chi connectivity index (χ4v) is 3.29. The van der Waals surface area contributed by atoms with E-state index in [1.807, 2.05) is 11.8 Å². The monoisotopic (exact) mass is 255 g/mol. The topological polar surface area (TPSA) is 27.6 Å². The first-order chi connectivity index (χ1) is 8.15. The van der Waals surface area contributed by atoms with Crippen LogP contribution >= 0.6 is 11.8 Å². The van der Waals surface area contributed by atoms with Gasteiger partial charge in [0.05, 0.1) is 0 Å². The van der Waals surface area contributed by atoms with Crippen LogP contribution in [0.1, 0.15) is 27.2 Å². The van der Waals surface area contributed by atoms with Crippen LogP contribution in [-0.4, -0.2) is 48.0 Å². The van der Waals surface area contributed by atoms with Gasteiger partial charge in [-0.05, 0) is 38.6 Å². The quantitative estimate of drug-likeness (QED) is 0.836. The van der Waals surface area contributed by atoms with Gasteiger partial charge in [-0.2, -0.15) is 0 Å². The zero-order chi connectivity index (χ0) is 12.3. The second kappa shape index (κ2) is 6.10. The van der Waals surface area contributed by atoms with Gasteiger partial charge in [0.2, 0.25) is 0 Å². The van der Waals surface area contributed by atoms with Crippen LogP contribution in [0.2, 0.25) is 0 Å². The van der Waals surface area contributed by atoms with E-state index in [2.05, 4.69) is 36.0 Å². The summed E-state index contributed by atoms with van der Waals surface area (Å²) in [5.41, 5.74) is 0. The molecule has 2 atom stereocenters. The van der Waals surface area contributed by atoms with Gasteiger partial charge >= 0.3 is 0 Å². The average molecular weight is 255 g/mol. The van der Waals surface area contributed by atoms with E-state index in [4.69, 9.17) is 0 Å². The summed E-state index contributed by atoms with van der Waals surface area (Å²) in [6, 6.07) is 0.697. The Hall–Kier alpha value is -0.220. The van der Waals surface area contributed by atoms with Crippen LogP contribution in [0.4, 0.5) is 0 Å². The maximum Gasteiger partial charge on any atom is 0.156 e. The highest BCUT2D eigenvalue weighted by Gasteiger charge is 2.24. The second-order valence-electron chi connectivity index (χ2n) is 5.69. The van der Waals surface area contributed by atoms with E-state index < -0.39 is 0 Å². The van der Waals surface area contributed by atoms with Gasteiger partial charge in [-0.1, -0.05) is 18.7 Å². The van der Waals surface area contributed by atoms with E-state index in [0.29, 0.717) is 6.04 Å². The third-order valence-electron chi connectivity index (χ3n) is 3.64. The molecule has 0 saturated carbocycles. The van der Waals surface area contributed by atoms with Gasteiger partial charge in [-0.15, -0.1) is 0 Å². The normalized spacial score (nSPS) is 30.7. The van der Waals surface area contributed by atoms with E-state index in [9.17, 15) is 0 Å². The first-order valence-corrected chi connectivity index (χ1v) is 7.79. The molecule has 2 rings (SSSR count). The Morgan fingerprint density at radius 3 is 2.94 bits per heavy atom. The molecule has 98 valence electrons. The molecule has 2 unspecified atom stereocenters. The molecule has 0 amide bonds. The SMILES string of the molecule is CC1CN=C(NCC2CCN(C(C)C)C2)SC1. The number of nitrogens with zero attached hydrogens (tertiary/aromatic N) is 2. The van der Waals surface area contributed by atoms with Crippen molar-refractivity contribution in [3.63, 3.8) is 0 Å². The molecule has 0 bridgehead atoms. The fraction of sp³-hybridized carbons (Fsp3) is 0.923. The molecule has 2 heterocycles. The first kappa shape index (κ1) is 13.2. The van der Waals surface area contributed by atoms with Crippen molar-refractivity contribution in [2.75, 3.05) is 31.9 Å². The third kappa shape index (κ3) is 3.88. The van der Waals surface area contributed by atoms with Crippen molar-refractivity contribution >= 4 is 16.9 Å². The molecule has 0 aromatic rings. The van der Waals surface area contributed by atoms with Crippen LogP contribution in [0.15, 0.2) is 4.99 Å². The van der Waals surface area contributed by atoms with Crippen molar-refractivity contribution in [1.29, 1.82) is 0 Å². The summed E-state index contributed by atoms with van der Waals surface area (Å²) in [6.07, 6.45) is 1.33. The van der Waals surface area contributed by atoms with Crippen molar-refractivity contribution in [1.82, 2.24) is 10.2 Å². The van der Waals surface area contributed by atoms with E-state index in [1.54, 1.807) is 0 Å². The minimum Gasteiger partial charge on any atom is -0.365 e. The standard InChI is InChI=1S/C13H25N3S/c1-10(2)16-5-4-12(8-16)7-15-13-14-6-11(3)9-17-13/h10-12H,4-9H2,1-3H3,(H,14,15). The Morgan fingerprint density at radius 1 is 1.53 bits per heavy atom. The van der Waals surface area contributed by atoms with Gasteiger partial charge < -0.3 is 10.2 Å². The smallest absolute Gasteiger partial charge is 0.156 e. The van der Waals surface area contributed by atoms with Crippen LogP contribution in [0.5, 0.6) is 0 Å². The molecule has 0 aromatic carbocycles. The molecule has 0 aromatic heterocycles. The van der Waals surface area contributed by atoms with E-state index >= 15 is 0 Å². The number of hydrogen-bond donors (Lipinski definition) is 1. The fourth-order valence-electron chi connectivity index (χ4n) is 2.40. The lowest BCUT2D eigenvalue weighted by atomic mass is 10.1. The predicted molar refractivity (Wildman–Crippen MR) is 76.7 cm³/mol. The maximum absolute atomic E-state index is 4.58. The van der Waals surface area contributed by atoms with Crippen molar-refractivity contribution in [3.8, 4) is 0 Å². The van der Waals surface area contributed by atoms with Gasteiger partial charge in [0.25, 0.3) is 0 Å². The summed E-state index contributed by atoms with van der Waals surface area (Å²) in [5, 5.41) is 4.70. The number of amidine groups is 1. The third-order valence-corrected chi connectivity index (χ3v) is 4.92. The molecule has 2 aliphatic heterocycles. The second-order valence-corrected chi connectivity index (χ2v) is 6.70. The van der Waals surface area contributed by atoms with Crippen LogP contribution in [-0.2, 0) is 0 Å². The molecular formula is C13H25N3S. The number of thioether (sulfide) groups is 1. The van der Waals surface area contributed by atoms with Crippen molar-refractivity contribution in [2.45, 2.75) is 33.2 Å². The number of nitrogens with one attached hydrogen (secondary N) is 1. The summed E-state index contributed by atoms with van der Waals surface area (Å²) in [4.78, 5) is 7.15. The zero-order valence-corrected chi connectivity index (χ0v) is 12.1. The van der Waals surface area contributed by atoms with E-state index in [0.717, 1.165) is 24.9 Å². The molecule has 17 heavy (non-hydrogen) atoms. The molecule has 1 N–H and O–H groups in total. The summed E-state index contributed by atoms with van der Waals surface area (Å²) in [5.74, 6) is 2.77. The Balaban J connectivity index is 1.69. The van der Waals surface area contributed by atoms with Crippen LogP contribution in [0, 0.1) is 11.8 Å². The Labute approximate surface area is 109 Å². The molecule has 0 aliphatic carbocycles. The first-order valence-electron chi connectivity index (χ1n) is 6.80. The van der Waals surface area contributed by atoms with Crippen molar-refractivity contribution in [3.05, 3.63) is 0 Å². The molecule has 2 aliphatic rings. The Kier molecular flexibility index (Phi) is 4.74. The summed E-state index contributed by atoms with van der Waals surface area (Å²) >= 11 is 1.89.